The number of aromatic nitrogens is 2. The quantitative estimate of drug-likeness (QED) is 0.273. The first-order chi connectivity index (χ1) is 18.9. The first-order valence-electron chi connectivity index (χ1n) is 13.7. The molecule has 1 atom stereocenters. The van der Waals surface area contributed by atoms with Crippen molar-refractivity contribution >= 4 is 40.1 Å². The number of halogens is 2. The van der Waals surface area contributed by atoms with E-state index >= 15 is 0 Å². The molecule has 7 nitrogen and oxygen atoms in total. The number of anilines is 1. The van der Waals surface area contributed by atoms with Gasteiger partial charge in [-0.15, -0.1) is 11.3 Å². The number of imidazole rings is 1. The summed E-state index contributed by atoms with van der Waals surface area (Å²) in [4.78, 5) is 31.8. The Morgan fingerprint density at radius 2 is 1.90 bits per heavy atom. The lowest BCUT2D eigenvalue weighted by Crippen LogP contribution is -2.39. The molecule has 2 amide bonds. The van der Waals surface area contributed by atoms with E-state index in [0.717, 1.165) is 53.6 Å². The third-order valence-electron chi connectivity index (χ3n) is 8.06. The van der Waals surface area contributed by atoms with E-state index in [2.05, 4.69) is 55.5 Å². The van der Waals surface area contributed by atoms with Crippen molar-refractivity contribution in [2.24, 2.45) is 5.41 Å². The molecule has 3 aromatic rings. The smallest absolute Gasteiger partial charge is 0.272 e. The molecule has 2 heterocycles. The summed E-state index contributed by atoms with van der Waals surface area (Å²) in [6.45, 7) is 13.0. The van der Waals surface area contributed by atoms with Crippen molar-refractivity contribution in [3.05, 3.63) is 58.3 Å². The zero-order chi connectivity index (χ0) is 29.2. The number of nitrogens with one attached hydrogen (secondary N) is 2. The molecule has 0 radical (unpaired) electrons. The molecule has 216 valence electrons. The number of fused-ring (bicyclic) bond motifs is 1. The van der Waals surface area contributed by atoms with Crippen molar-refractivity contribution in [3.63, 3.8) is 0 Å². The normalized spacial score (nSPS) is 18.6. The van der Waals surface area contributed by atoms with Gasteiger partial charge in [0.05, 0.1) is 20.8 Å². The van der Waals surface area contributed by atoms with E-state index < -0.39 is 12.3 Å². The number of likely N-dealkylation sites (N-methyl/N-ethyl adjacent to an activating group) is 1. The van der Waals surface area contributed by atoms with Gasteiger partial charge in [0.25, 0.3) is 12.3 Å². The first kappa shape index (κ1) is 29.9. The second-order valence-electron chi connectivity index (χ2n) is 11.7. The van der Waals surface area contributed by atoms with Crippen LogP contribution in [0.25, 0.3) is 11.0 Å². The second-order valence-corrected chi connectivity index (χ2v) is 12.8. The number of carbonyl (C=O) groups excluding carboxylic acids is 2. The van der Waals surface area contributed by atoms with Crippen LogP contribution in [-0.4, -0.2) is 45.4 Å². The van der Waals surface area contributed by atoms with Crippen molar-refractivity contribution in [1.82, 2.24) is 19.8 Å². The Balaban J connectivity index is 1.62. The molecule has 4 rings (SSSR count). The highest BCUT2D eigenvalue weighted by Gasteiger charge is 2.30. The Bertz CT molecular complexity index is 1370. The van der Waals surface area contributed by atoms with Crippen LogP contribution < -0.4 is 10.6 Å². The van der Waals surface area contributed by atoms with E-state index in [0.29, 0.717) is 18.5 Å². The van der Waals surface area contributed by atoms with E-state index in [1.54, 1.807) is 11.9 Å². The summed E-state index contributed by atoms with van der Waals surface area (Å²) < 4.78 is 28.3. The van der Waals surface area contributed by atoms with Gasteiger partial charge < -0.3 is 14.8 Å². The van der Waals surface area contributed by atoms with Gasteiger partial charge in [-0.05, 0) is 73.9 Å². The third kappa shape index (κ3) is 6.61. The lowest BCUT2D eigenvalue weighted by molar-refractivity contribution is -0.127. The van der Waals surface area contributed by atoms with Gasteiger partial charge in [-0.3, -0.25) is 14.9 Å². The highest BCUT2D eigenvalue weighted by molar-refractivity contribution is 7.14. The molecule has 1 fully saturated rings. The molecule has 1 aromatic carbocycles. The zero-order valence-electron chi connectivity index (χ0n) is 23.8. The van der Waals surface area contributed by atoms with Crippen LogP contribution in [0.3, 0.4) is 0 Å². The predicted molar refractivity (Wildman–Crippen MR) is 157 cm³/mol. The first-order valence-corrected chi connectivity index (χ1v) is 14.5. The topological polar surface area (TPSA) is 79.3 Å². The van der Waals surface area contributed by atoms with Gasteiger partial charge in [0.2, 0.25) is 11.9 Å². The maximum Gasteiger partial charge on any atom is 0.272 e. The Hall–Kier alpha value is -3.11. The highest BCUT2D eigenvalue weighted by Crippen LogP contribution is 2.36. The van der Waals surface area contributed by atoms with Gasteiger partial charge >= 0.3 is 0 Å². The molecule has 0 aliphatic heterocycles. The second kappa shape index (κ2) is 12.2. The molecule has 0 saturated heterocycles. The van der Waals surface area contributed by atoms with Crippen LogP contribution in [0.2, 0.25) is 0 Å². The number of hydrogen-bond donors (Lipinski definition) is 2. The van der Waals surface area contributed by atoms with E-state index in [1.165, 1.54) is 18.2 Å². The number of hydrogen-bond acceptors (Lipinski definition) is 5. The Morgan fingerprint density at radius 1 is 1.20 bits per heavy atom. The van der Waals surface area contributed by atoms with Crippen LogP contribution in [0.15, 0.2) is 43.0 Å². The fraction of sp³-hybridized carbons (Fsp3) is 0.500. The fourth-order valence-electron chi connectivity index (χ4n) is 5.07. The molecular weight excluding hydrogens is 532 g/mol. The lowest BCUT2D eigenvalue weighted by Gasteiger charge is -2.35. The minimum Gasteiger partial charge on any atom is -0.339 e. The minimum atomic E-state index is -2.62. The zero-order valence-corrected chi connectivity index (χ0v) is 24.7. The molecule has 2 N–H and O–H groups in total. The minimum absolute atomic E-state index is 0.0635. The number of alkyl halides is 2. The summed E-state index contributed by atoms with van der Waals surface area (Å²) in [5.74, 6) is -0.149. The average Bonchev–Trinajstić information content (AvgIpc) is 3.55. The number of thiophene rings is 1. The Morgan fingerprint density at radius 3 is 2.50 bits per heavy atom. The number of carbonyl (C=O) groups is 2. The lowest BCUT2D eigenvalue weighted by atomic mass is 9.88. The van der Waals surface area contributed by atoms with Crippen molar-refractivity contribution in [2.75, 3.05) is 12.4 Å². The van der Waals surface area contributed by atoms with Crippen molar-refractivity contribution in [2.45, 2.75) is 84.5 Å². The summed E-state index contributed by atoms with van der Waals surface area (Å²) in [6, 6.07) is 9.35. The number of rotatable bonds is 9. The fourth-order valence-corrected chi connectivity index (χ4v) is 5.83. The molecule has 0 bridgehead atoms. The van der Waals surface area contributed by atoms with E-state index in [1.807, 2.05) is 12.1 Å². The van der Waals surface area contributed by atoms with Crippen LogP contribution in [0.1, 0.15) is 86.0 Å². The highest BCUT2D eigenvalue weighted by atomic mass is 32.1. The van der Waals surface area contributed by atoms with Crippen LogP contribution in [0.4, 0.5) is 14.7 Å². The van der Waals surface area contributed by atoms with Gasteiger partial charge in [0.15, 0.2) is 0 Å². The number of benzene rings is 1. The van der Waals surface area contributed by atoms with E-state index in [-0.39, 0.29) is 33.2 Å². The van der Waals surface area contributed by atoms with Crippen molar-refractivity contribution in [3.8, 4) is 0 Å². The van der Waals surface area contributed by atoms with E-state index in [9.17, 15) is 18.4 Å². The van der Waals surface area contributed by atoms with Gasteiger partial charge in [0.1, 0.15) is 0 Å². The summed E-state index contributed by atoms with van der Waals surface area (Å²) in [6.07, 6.45) is 1.93. The van der Waals surface area contributed by atoms with Gasteiger partial charge in [-0.25, -0.2) is 13.8 Å². The van der Waals surface area contributed by atoms with Gasteiger partial charge in [-0.2, -0.15) is 0 Å². The molecule has 40 heavy (non-hydrogen) atoms. The molecule has 1 saturated carbocycles. The summed E-state index contributed by atoms with van der Waals surface area (Å²) in [7, 11) is 1.80. The van der Waals surface area contributed by atoms with Crippen molar-refractivity contribution < 1.29 is 18.4 Å². The van der Waals surface area contributed by atoms with Gasteiger partial charge in [0, 0.05) is 31.7 Å². The molecule has 10 heteroatoms. The maximum absolute atomic E-state index is 13.1. The molecule has 0 spiro atoms. The van der Waals surface area contributed by atoms with Crippen molar-refractivity contribution in [1.29, 1.82) is 0 Å². The standard InChI is InChI=1S/C30H39F2N5O2S/c1-7-26(38)36(6)20-9-11-21(12-10-20)37-23-13-8-19(17-33-18(2)30(3,4)5)16-22(23)34-29(37)35-28(39)25-15-14-24(40-25)27(31)32/h7-8,13-16,18,20-21,27,33H,1,9-12,17H2,2-6H3,(H,34,35,39)/t18-,20?,21?/m0/s1. The largest absolute Gasteiger partial charge is 0.339 e. The molecular formula is C30H39F2N5O2S. The van der Waals surface area contributed by atoms with Crippen LogP contribution in [0.5, 0.6) is 0 Å². The van der Waals surface area contributed by atoms with Crippen LogP contribution >= 0.6 is 11.3 Å². The maximum atomic E-state index is 13.1. The number of nitrogens with zero attached hydrogens (tertiary/aromatic N) is 3. The monoisotopic (exact) mass is 571 g/mol. The summed E-state index contributed by atoms with van der Waals surface area (Å²) in [5.41, 5.74) is 2.87. The van der Waals surface area contributed by atoms with E-state index in [4.69, 9.17) is 4.98 Å². The summed E-state index contributed by atoms with van der Waals surface area (Å²) in [5, 5.41) is 6.48. The molecule has 1 aliphatic carbocycles. The van der Waals surface area contributed by atoms with Crippen LogP contribution in [0, 0.1) is 5.41 Å². The average molecular weight is 572 g/mol. The Labute approximate surface area is 238 Å². The third-order valence-corrected chi connectivity index (χ3v) is 9.15. The van der Waals surface area contributed by atoms with Gasteiger partial charge in [-0.1, -0.05) is 33.4 Å². The molecule has 0 unspecified atom stereocenters. The Kier molecular flexibility index (Phi) is 9.09. The SMILES string of the molecule is C=CC(=O)N(C)C1CCC(n2c(NC(=O)c3ccc(C(F)F)s3)nc3cc(CN[C@@H](C)C(C)(C)C)ccc32)CC1. The molecule has 1 aliphatic rings. The molecule has 2 aromatic heterocycles. The predicted octanol–water partition coefficient (Wildman–Crippen LogP) is 6.94. The van der Waals surface area contributed by atoms with Crippen LogP contribution in [-0.2, 0) is 11.3 Å². The summed E-state index contributed by atoms with van der Waals surface area (Å²) >= 11 is 0.786. The number of amides is 2.